The van der Waals surface area contributed by atoms with Crippen molar-refractivity contribution in [2.24, 2.45) is 0 Å². The first-order chi connectivity index (χ1) is 15.1. The number of Topliss-reactive ketones (excluding diaryl/α,β-unsaturated/α-hetero) is 1. The number of aryl methyl sites for hydroxylation is 1. The third-order valence-electron chi connectivity index (χ3n) is 5.52. The van der Waals surface area contributed by atoms with Crippen LogP contribution in [0.4, 0.5) is 5.82 Å². The van der Waals surface area contributed by atoms with Crippen LogP contribution in [-0.4, -0.2) is 22.0 Å². The van der Waals surface area contributed by atoms with Gasteiger partial charge >= 0.3 is 5.91 Å². The van der Waals surface area contributed by atoms with Crippen LogP contribution in [0.3, 0.4) is 0 Å². The largest absolute Gasteiger partial charge is 0.507 e. The molecule has 2 aromatic carbocycles. The van der Waals surface area contributed by atoms with E-state index in [9.17, 15) is 14.7 Å². The number of carbonyl (C=O) groups excluding carboxylic acids is 2. The van der Waals surface area contributed by atoms with E-state index < -0.39 is 17.7 Å². The Kier molecular flexibility index (Phi) is 5.54. The average molecular weight is 495 g/mol. The average Bonchev–Trinajstić information content (AvgIpc) is 3.28. The summed E-state index contributed by atoms with van der Waals surface area (Å²) in [7, 11) is 0. The SMILES string of the molecule is Cc1cc(N2C(=O)C(=O)C(=C(O)c3ccc(Br)cc3)[C@H]2c2ccc(C(C)(C)C)cc2)no1. The van der Waals surface area contributed by atoms with Gasteiger partial charge in [0.25, 0.3) is 5.78 Å². The van der Waals surface area contributed by atoms with Crippen LogP contribution in [0.25, 0.3) is 5.76 Å². The number of aliphatic hydroxyl groups excluding tert-OH is 1. The van der Waals surface area contributed by atoms with Crippen LogP contribution in [0.15, 0.2) is 69.2 Å². The summed E-state index contributed by atoms with van der Waals surface area (Å²) in [4.78, 5) is 27.5. The lowest BCUT2D eigenvalue weighted by Crippen LogP contribution is -2.29. The van der Waals surface area contributed by atoms with Crippen LogP contribution in [0, 0.1) is 6.92 Å². The normalized spacial score (nSPS) is 18.4. The molecule has 0 spiro atoms. The molecule has 1 saturated heterocycles. The van der Waals surface area contributed by atoms with Crippen molar-refractivity contribution < 1.29 is 19.2 Å². The Morgan fingerprint density at radius 3 is 2.22 bits per heavy atom. The zero-order chi connectivity index (χ0) is 23.2. The highest BCUT2D eigenvalue weighted by Crippen LogP contribution is 2.42. The maximum absolute atomic E-state index is 13.1. The highest BCUT2D eigenvalue weighted by Gasteiger charge is 2.48. The second-order valence-electron chi connectivity index (χ2n) is 8.84. The minimum Gasteiger partial charge on any atom is -0.507 e. The van der Waals surface area contributed by atoms with Crippen LogP contribution in [-0.2, 0) is 15.0 Å². The first-order valence-corrected chi connectivity index (χ1v) is 11.0. The Morgan fingerprint density at radius 2 is 1.69 bits per heavy atom. The van der Waals surface area contributed by atoms with Gasteiger partial charge in [-0.05, 0) is 35.6 Å². The van der Waals surface area contributed by atoms with Gasteiger partial charge in [-0.1, -0.05) is 78.3 Å². The molecule has 6 nitrogen and oxygen atoms in total. The number of nitrogens with zero attached hydrogens (tertiary/aromatic N) is 2. The van der Waals surface area contributed by atoms with Crippen LogP contribution in [0.1, 0.15) is 49.3 Å². The van der Waals surface area contributed by atoms with Gasteiger partial charge in [-0.3, -0.25) is 14.5 Å². The molecule has 4 rings (SSSR count). The van der Waals surface area contributed by atoms with E-state index in [2.05, 4.69) is 41.9 Å². The molecule has 1 N–H and O–H groups in total. The van der Waals surface area contributed by atoms with Gasteiger partial charge < -0.3 is 9.63 Å². The van der Waals surface area contributed by atoms with Crippen LogP contribution < -0.4 is 4.90 Å². The number of aromatic nitrogens is 1. The molecule has 32 heavy (non-hydrogen) atoms. The molecular weight excluding hydrogens is 472 g/mol. The molecule has 1 aromatic heterocycles. The van der Waals surface area contributed by atoms with Crippen LogP contribution in [0.2, 0.25) is 0 Å². The van der Waals surface area contributed by atoms with Crippen molar-refractivity contribution in [3.05, 3.63) is 87.1 Å². The molecule has 7 heteroatoms. The molecule has 164 valence electrons. The van der Waals surface area contributed by atoms with Crippen molar-refractivity contribution in [3.63, 3.8) is 0 Å². The third-order valence-corrected chi connectivity index (χ3v) is 6.05. The van der Waals surface area contributed by atoms with E-state index in [0.29, 0.717) is 16.9 Å². The van der Waals surface area contributed by atoms with E-state index in [4.69, 9.17) is 4.52 Å². The third kappa shape index (κ3) is 3.88. The summed E-state index contributed by atoms with van der Waals surface area (Å²) < 4.78 is 6.00. The monoisotopic (exact) mass is 494 g/mol. The minimum atomic E-state index is -0.836. The molecular formula is C25H23BrN2O4. The number of carbonyl (C=O) groups is 2. The van der Waals surface area contributed by atoms with Gasteiger partial charge in [-0.2, -0.15) is 0 Å². The van der Waals surface area contributed by atoms with Gasteiger partial charge in [0.05, 0.1) is 11.6 Å². The van der Waals surface area contributed by atoms with E-state index >= 15 is 0 Å². The molecule has 0 radical (unpaired) electrons. The van der Waals surface area contributed by atoms with E-state index in [0.717, 1.165) is 10.0 Å². The lowest BCUT2D eigenvalue weighted by molar-refractivity contribution is -0.132. The summed E-state index contributed by atoms with van der Waals surface area (Å²) in [6, 6.07) is 15.4. The van der Waals surface area contributed by atoms with Crippen molar-refractivity contribution in [2.75, 3.05) is 4.90 Å². The summed E-state index contributed by atoms with van der Waals surface area (Å²) >= 11 is 3.37. The van der Waals surface area contributed by atoms with Crippen LogP contribution >= 0.6 is 15.9 Å². The summed E-state index contributed by atoms with van der Waals surface area (Å²) in [6.07, 6.45) is 0. The number of hydrogen-bond acceptors (Lipinski definition) is 5. The van der Waals surface area contributed by atoms with Crippen molar-refractivity contribution in [2.45, 2.75) is 39.2 Å². The summed E-state index contributed by atoms with van der Waals surface area (Å²) in [6.45, 7) is 8.04. The molecule has 0 aliphatic carbocycles. The topological polar surface area (TPSA) is 83.6 Å². The Balaban J connectivity index is 1.91. The summed E-state index contributed by atoms with van der Waals surface area (Å²) in [5, 5.41) is 15.1. The standard InChI is InChI=1S/C25H23BrN2O4/c1-14-13-19(27-32-14)28-21(15-5-9-17(10-6-15)25(2,3)4)20(23(30)24(28)31)22(29)16-7-11-18(26)12-8-16/h5-13,21,29H,1-4H3/t21-/m1/s1. The Morgan fingerprint density at radius 1 is 1.06 bits per heavy atom. The molecule has 3 aromatic rings. The predicted octanol–water partition coefficient (Wildman–Crippen LogP) is 5.67. The fourth-order valence-corrected chi connectivity index (χ4v) is 4.04. The van der Waals surface area contributed by atoms with Gasteiger partial charge in [-0.15, -0.1) is 0 Å². The number of halogens is 1. The molecule has 1 aliphatic rings. The van der Waals surface area contributed by atoms with Gasteiger partial charge in [0.2, 0.25) is 0 Å². The van der Waals surface area contributed by atoms with Gasteiger partial charge in [-0.25, -0.2) is 0 Å². The lowest BCUT2D eigenvalue weighted by Gasteiger charge is -2.24. The number of benzene rings is 2. The Hall–Kier alpha value is -3.19. The minimum absolute atomic E-state index is 0.0153. The predicted molar refractivity (Wildman–Crippen MR) is 125 cm³/mol. The van der Waals surface area contributed by atoms with Crippen molar-refractivity contribution in [1.29, 1.82) is 0 Å². The molecule has 0 bridgehead atoms. The number of hydrogen-bond donors (Lipinski definition) is 1. The van der Waals surface area contributed by atoms with E-state index in [1.807, 2.05) is 24.3 Å². The zero-order valence-corrected chi connectivity index (χ0v) is 19.8. The quantitative estimate of drug-likeness (QED) is 0.288. The maximum Gasteiger partial charge on any atom is 0.301 e. The number of amides is 1. The molecule has 0 saturated carbocycles. The van der Waals surface area contributed by atoms with Gasteiger partial charge in [0.15, 0.2) is 5.82 Å². The highest BCUT2D eigenvalue weighted by atomic mass is 79.9. The number of anilines is 1. The lowest BCUT2D eigenvalue weighted by atomic mass is 9.85. The van der Waals surface area contributed by atoms with Crippen molar-refractivity contribution >= 4 is 39.2 Å². The first-order valence-electron chi connectivity index (χ1n) is 10.2. The molecule has 1 fully saturated rings. The molecule has 1 amide bonds. The van der Waals surface area contributed by atoms with E-state index in [1.165, 1.54) is 4.90 Å². The van der Waals surface area contributed by atoms with Crippen LogP contribution in [0.5, 0.6) is 0 Å². The fraction of sp³-hybridized carbons (Fsp3) is 0.240. The number of aliphatic hydroxyl groups is 1. The first kappa shape index (κ1) is 22.0. The Labute approximate surface area is 194 Å². The highest BCUT2D eigenvalue weighted by molar-refractivity contribution is 9.10. The van der Waals surface area contributed by atoms with E-state index in [-0.39, 0.29) is 22.6 Å². The second kappa shape index (κ2) is 8.06. The zero-order valence-electron chi connectivity index (χ0n) is 18.2. The molecule has 1 aliphatic heterocycles. The maximum atomic E-state index is 13.1. The number of ketones is 1. The fourth-order valence-electron chi connectivity index (χ4n) is 3.78. The Bertz CT molecular complexity index is 1220. The molecule has 0 unspecified atom stereocenters. The van der Waals surface area contributed by atoms with Gasteiger partial charge in [0.1, 0.15) is 11.5 Å². The summed E-state index contributed by atoms with van der Waals surface area (Å²) in [5.74, 6) is -1.03. The van der Waals surface area contributed by atoms with Crippen molar-refractivity contribution in [1.82, 2.24) is 5.16 Å². The molecule has 2 heterocycles. The second-order valence-corrected chi connectivity index (χ2v) is 9.76. The smallest absolute Gasteiger partial charge is 0.301 e. The van der Waals surface area contributed by atoms with E-state index in [1.54, 1.807) is 37.3 Å². The number of rotatable bonds is 3. The molecule has 1 atom stereocenters. The van der Waals surface area contributed by atoms with Gasteiger partial charge in [0, 0.05) is 16.1 Å². The summed E-state index contributed by atoms with van der Waals surface area (Å²) in [5.41, 5.74) is 2.21. The van der Waals surface area contributed by atoms with Crippen molar-refractivity contribution in [3.8, 4) is 0 Å².